The first kappa shape index (κ1) is 27.1. The zero-order valence-corrected chi connectivity index (χ0v) is 23.3. The van der Waals surface area contributed by atoms with Crippen LogP contribution in [-0.2, 0) is 24.4 Å². The van der Waals surface area contributed by atoms with Crippen LogP contribution in [0.15, 0.2) is 47.0 Å². The third-order valence-corrected chi connectivity index (χ3v) is 8.28. The van der Waals surface area contributed by atoms with Crippen molar-refractivity contribution in [2.24, 2.45) is 11.8 Å². The molecule has 2 fully saturated rings. The fraction of sp³-hybridized carbons (Fsp3) is 0.483. The van der Waals surface area contributed by atoms with E-state index in [0.29, 0.717) is 40.4 Å². The van der Waals surface area contributed by atoms with E-state index in [0.717, 1.165) is 44.0 Å². The molecule has 1 aromatic heterocycles. The number of hydrogen-bond donors (Lipinski definition) is 1. The summed E-state index contributed by atoms with van der Waals surface area (Å²) >= 11 is 12.2. The second-order valence-corrected chi connectivity index (χ2v) is 11.5. The van der Waals surface area contributed by atoms with Crippen molar-refractivity contribution in [3.05, 3.63) is 69.5 Å². The van der Waals surface area contributed by atoms with E-state index >= 15 is 0 Å². The smallest absolute Gasteiger partial charge is 0.241 e. The summed E-state index contributed by atoms with van der Waals surface area (Å²) in [5.41, 5.74) is 3.17. The van der Waals surface area contributed by atoms with Crippen LogP contribution in [0.1, 0.15) is 49.6 Å². The standard InChI is InChI=1S/C29H35Cl2N5O2/c1-20-8-12-35(13-9-20)18-22-4-2-21(3-5-22)17-32-29(37)23-10-14-36(15-11-23)19-27-33-28(34-38-27)25-7-6-24(30)16-26(25)31/h2-7,16,20,23H,8-15,17-19H2,1H3,(H,32,37). The monoisotopic (exact) mass is 555 g/mol. The molecule has 0 unspecified atom stereocenters. The third-order valence-electron chi connectivity index (χ3n) is 7.73. The summed E-state index contributed by atoms with van der Waals surface area (Å²) in [7, 11) is 0. The minimum Gasteiger partial charge on any atom is -0.352 e. The predicted octanol–water partition coefficient (Wildman–Crippen LogP) is 5.80. The number of aromatic nitrogens is 2. The molecule has 202 valence electrons. The SMILES string of the molecule is CC1CCN(Cc2ccc(CNC(=O)C3CCN(Cc4nc(-c5ccc(Cl)cc5Cl)no4)CC3)cc2)CC1. The molecule has 2 aliphatic rings. The Morgan fingerprint density at radius 2 is 1.61 bits per heavy atom. The lowest BCUT2D eigenvalue weighted by Crippen LogP contribution is -2.40. The van der Waals surface area contributed by atoms with E-state index in [4.69, 9.17) is 27.7 Å². The Kier molecular flexibility index (Phi) is 9.00. The minimum absolute atomic E-state index is 0.0261. The summed E-state index contributed by atoms with van der Waals surface area (Å²) in [5.74, 6) is 1.99. The Hall–Kier alpha value is -2.45. The van der Waals surface area contributed by atoms with E-state index < -0.39 is 0 Å². The molecule has 0 bridgehead atoms. The highest BCUT2D eigenvalue weighted by Crippen LogP contribution is 2.29. The number of nitrogens with zero attached hydrogens (tertiary/aromatic N) is 4. The molecule has 3 aromatic rings. The zero-order valence-electron chi connectivity index (χ0n) is 21.8. The van der Waals surface area contributed by atoms with Crippen LogP contribution in [0, 0.1) is 11.8 Å². The number of halogens is 2. The second-order valence-electron chi connectivity index (χ2n) is 10.7. The first-order chi connectivity index (χ1) is 18.4. The molecular formula is C29H35Cl2N5O2. The highest BCUT2D eigenvalue weighted by molar-refractivity contribution is 6.36. The van der Waals surface area contributed by atoms with Crippen LogP contribution < -0.4 is 5.32 Å². The Morgan fingerprint density at radius 3 is 2.32 bits per heavy atom. The molecule has 0 radical (unpaired) electrons. The summed E-state index contributed by atoms with van der Waals surface area (Å²) in [6, 6.07) is 13.9. The molecule has 1 N–H and O–H groups in total. The number of nitrogens with one attached hydrogen (secondary N) is 1. The van der Waals surface area contributed by atoms with Crippen molar-refractivity contribution in [3.8, 4) is 11.4 Å². The lowest BCUT2D eigenvalue weighted by atomic mass is 9.96. The molecule has 0 saturated carbocycles. The van der Waals surface area contributed by atoms with Gasteiger partial charge in [0.25, 0.3) is 0 Å². The van der Waals surface area contributed by atoms with Gasteiger partial charge in [-0.3, -0.25) is 14.6 Å². The minimum atomic E-state index is 0.0261. The normalized spacial score (nSPS) is 18.1. The molecular weight excluding hydrogens is 521 g/mol. The van der Waals surface area contributed by atoms with E-state index in [2.05, 4.69) is 56.4 Å². The molecule has 9 heteroatoms. The van der Waals surface area contributed by atoms with Crippen LogP contribution in [0.2, 0.25) is 10.0 Å². The van der Waals surface area contributed by atoms with Gasteiger partial charge in [-0.2, -0.15) is 4.98 Å². The summed E-state index contributed by atoms with van der Waals surface area (Å²) in [4.78, 5) is 22.1. The number of piperidine rings is 2. The fourth-order valence-electron chi connectivity index (χ4n) is 5.22. The summed E-state index contributed by atoms with van der Waals surface area (Å²) < 4.78 is 5.45. The van der Waals surface area contributed by atoms with Gasteiger partial charge in [0.2, 0.25) is 17.6 Å². The van der Waals surface area contributed by atoms with Crippen molar-refractivity contribution in [2.45, 2.75) is 52.2 Å². The van der Waals surface area contributed by atoms with Crippen molar-refractivity contribution in [1.29, 1.82) is 0 Å². The Bertz CT molecular complexity index is 1220. The lowest BCUT2D eigenvalue weighted by Gasteiger charge is -2.30. The number of carbonyl (C=O) groups is 1. The zero-order chi connectivity index (χ0) is 26.5. The molecule has 0 atom stereocenters. The van der Waals surface area contributed by atoms with Crippen molar-refractivity contribution in [1.82, 2.24) is 25.3 Å². The molecule has 2 aliphatic heterocycles. The first-order valence-electron chi connectivity index (χ1n) is 13.5. The molecule has 3 heterocycles. The van der Waals surface area contributed by atoms with Gasteiger partial charge in [0.1, 0.15) is 0 Å². The number of rotatable bonds is 8. The van der Waals surface area contributed by atoms with E-state index in [1.54, 1.807) is 18.2 Å². The predicted molar refractivity (Wildman–Crippen MR) is 150 cm³/mol. The van der Waals surface area contributed by atoms with Gasteiger partial charge in [-0.15, -0.1) is 0 Å². The van der Waals surface area contributed by atoms with Crippen LogP contribution in [0.25, 0.3) is 11.4 Å². The van der Waals surface area contributed by atoms with Gasteiger partial charge in [-0.1, -0.05) is 59.5 Å². The van der Waals surface area contributed by atoms with E-state index in [-0.39, 0.29) is 11.8 Å². The van der Waals surface area contributed by atoms with Gasteiger partial charge < -0.3 is 9.84 Å². The van der Waals surface area contributed by atoms with Gasteiger partial charge in [-0.05, 0) is 87.1 Å². The summed E-state index contributed by atoms with van der Waals surface area (Å²) in [6.07, 6.45) is 4.20. The average molecular weight is 557 g/mol. The second kappa shape index (κ2) is 12.6. The van der Waals surface area contributed by atoms with Crippen LogP contribution in [-0.4, -0.2) is 52.0 Å². The van der Waals surface area contributed by atoms with Crippen LogP contribution in [0.4, 0.5) is 0 Å². The van der Waals surface area contributed by atoms with Gasteiger partial charge in [0, 0.05) is 29.6 Å². The molecule has 1 amide bonds. The first-order valence-corrected chi connectivity index (χ1v) is 14.3. The third kappa shape index (κ3) is 7.14. The van der Waals surface area contributed by atoms with Crippen molar-refractivity contribution < 1.29 is 9.32 Å². The molecule has 38 heavy (non-hydrogen) atoms. The maximum absolute atomic E-state index is 12.8. The Labute approximate surface area is 234 Å². The number of carbonyl (C=O) groups excluding carboxylic acids is 1. The topological polar surface area (TPSA) is 74.5 Å². The summed E-state index contributed by atoms with van der Waals surface area (Å²) in [6.45, 7) is 8.46. The van der Waals surface area contributed by atoms with E-state index in [1.165, 1.54) is 31.5 Å². The number of benzene rings is 2. The largest absolute Gasteiger partial charge is 0.352 e. The van der Waals surface area contributed by atoms with Gasteiger partial charge >= 0.3 is 0 Å². The molecule has 2 aromatic carbocycles. The maximum atomic E-state index is 12.8. The summed E-state index contributed by atoms with van der Waals surface area (Å²) in [5, 5.41) is 8.25. The highest BCUT2D eigenvalue weighted by atomic mass is 35.5. The quantitative estimate of drug-likeness (QED) is 0.378. The Morgan fingerprint density at radius 1 is 0.947 bits per heavy atom. The van der Waals surface area contributed by atoms with Crippen LogP contribution in [0.3, 0.4) is 0 Å². The lowest BCUT2D eigenvalue weighted by molar-refractivity contribution is -0.126. The van der Waals surface area contributed by atoms with Crippen molar-refractivity contribution in [3.63, 3.8) is 0 Å². The van der Waals surface area contributed by atoms with Gasteiger partial charge in [-0.25, -0.2) is 0 Å². The maximum Gasteiger partial charge on any atom is 0.241 e. The molecule has 5 rings (SSSR count). The van der Waals surface area contributed by atoms with Crippen molar-refractivity contribution >= 4 is 29.1 Å². The van der Waals surface area contributed by atoms with E-state index in [9.17, 15) is 4.79 Å². The molecule has 7 nitrogen and oxygen atoms in total. The van der Waals surface area contributed by atoms with Crippen LogP contribution >= 0.6 is 23.2 Å². The van der Waals surface area contributed by atoms with Gasteiger partial charge in [0.15, 0.2) is 0 Å². The van der Waals surface area contributed by atoms with Gasteiger partial charge in [0.05, 0.1) is 11.6 Å². The van der Waals surface area contributed by atoms with E-state index in [1.807, 2.05) is 0 Å². The molecule has 2 saturated heterocycles. The average Bonchev–Trinajstić information content (AvgIpc) is 3.38. The number of amides is 1. The highest BCUT2D eigenvalue weighted by Gasteiger charge is 2.26. The van der Waals surface area contributed by atoms with Crippen LogP contribution in [0.5, 0.6) is 0 Å². The molecule has 0 aliphatic carbocycles. The fourth-order valence-corrected chi connectivity index (χ4v) is 5.71. The number of hydrogen-bond acceptors (Lipinski definition) is 6. The molecule has 0 spiro atoms. The number of likely N-dealkylation sites (tertiary alicyclic amines) is 2. The van der Waals surface area contributed by atoms with Crippen molar-refractivity contribution in [2.75, 3.05) is 26.2 Å². The Balaban J connectivity index is 1.04.